The number of halogens is 3. The summed E-state index contributed by atoms with van der Waals surface area (Å²) in [5.41, 5.74) is 1.56. The third kappa shape index (κ3) is 6.18. The number of rotatable bonds is 4. The predicted octanol–water partition coefficient (Wildman–Crippen LogP) is 2.98. The third-order valence-electron chi connectivity index (χ3n) is 4.57. The molecule has 0 saturated carbocycles. The van der Waals surface area contributed by atoms with Crippen molar-refractivity contribution in [3.05, 3.63) is 30.0 Å². The number of carboxylic acid groups (broad SMARTS) is 1. The van der Waals surface area contributed by atoms with Crippen LogP contribution >= 0.6 is 0 Å². The summed E-state index contributed by atoms with van der Waals surface area (Å²) in [6.45, 7) is 6.99. The fourth-order valence-corrected chi connectivity index (χ4v) is 3.06. The Kier molecular flexibility index (Phi) is 7.60. The van der Waals surface area contributed by atoms with Crippen LogP contribution in [-0.2, 0) is 4.79 Å². The van der Waals surface area contributed by atoms with Crippen molar-refractivity contribution in [2.24, 2.45) is 5.92 Å². The molecule has 10 heteroatoms. The molecule has 0 bridgehead atoms. The van der Waals surface area contributed by atoms with E-state index in [-0.39, 0.29) is 11.9 Å². The van der Waals surface area contributed by atoms with Gasteiger partial charge in [0, 0.05) is 18.0 Å². The maximum absolute atomic E-state index is 12.5. The second kappa shape index (κ2) is 9.73. The summed E-state index contributed by atoms with van der Waals surface area (Å²) in [7, 11) is 0. The number of benzene rings is 1. The van der Waals surface area contributed by atoms with Crippen LogP contribution in [0.1, 0.15) is 43.2 Å². The Balaban J connectivity index is 0.000000370. The van der Waals surface area contributed by atoms with Crippen LogP contribution in [0.5, 0.6) is 0 Å². The first-order valence-electron chi connectivity index (χ1n) is 9.37. The van der Waals surface area contributed by atoms with Crippen LogP contribution < -0.4 is 10.6 Å². The van der Waals surface area contributed by atoms with E-state index < -0.39 is 12.1 Å². The number of aromatic nitrogens is 2. The zero-order valence-electron chi connectivity index (χ0n) is 16.3. The van der Waals surface area contributed by atoms with E-state index in [2.05, 4.69) is 29.6 Å². The van der Waals surface area contributed by atoms with Crippen molar-refractivity contribution in [1.29, 1.82) is 0 Å². The number of aliphatic carboxylic acids is 1. The number of carbonyl (C=O) groups is 2. The van der Waals surface area contributed by atoms with Gasteiger partial charge in [-0.25, -0.2) is 4.79 Å². The fourth-order valence-electron chi connectivity index (χ4n) is 3.06. The van der Waals surface area contributed by atoms with Crippen molar-refractivity contribution < 1.29 is 27.9 Å². The Bertz CT molecular complexity index is 843. The van der Waals surface area contributed by atoms with Crippen LogP contribution in [0.4, 0.5) is 13.2 Å². The van der Waals surface area contributed by atoms with Gasteiger partial charge in [-0.15, -0.1) is 0 Å². The van der Waals surface area contributed by atoms with Crippen LogP contribution in [0, 0.1) is 5.92 Å². The quantitative estimate of drug-likeness (QED) is 0.715. The molecule has 0 unspecified atom stereocenters. The number of carboxylic acids is 1. The lowest BCUT2D eigenvalue weighted by Crippen LogP contribution is -2.36. The first-order chi connectivity index (χ1) is 13.6. The molecular weight excluding hydrogens is 389 g/mol. The molecule has 2 aromatic rings. The molecular formula is C19H25F3N4O3. The molecule has 1 fully saturated rings. The van der Waals surface area contributed by atoms with Gasteiger partial charge >= 0.3 is 12.1 Å². The number of amides is 1. The number of nitrogens with one attached hydrogen (secondary N) is 2. The molecule has 1 aromatic carbocycles. The van der Waals surface area contributed by atoms with Gasteiger partial charge in [-0.05, 0) is 51.8 Å². The molecule has 2 heterocycles. The second-order valence-electron chi connectivity index (χ2n) is 7.11. The normalized spacial score (nSPS) is 15.1. The molecule has 3 rings (SSSR count). The van der Waals surface area contributed by atoms with Gasteiger partial charge in [0.2, 0.25) is 0 Å². The summed E-state index contributed by atoms with van der Waals surface area (Å²) in [5, 5.41) is 19.0. The van der Waals surface area contributed by atoms with Crippen molar-refractivity contribution in [1.82, 2.24) is 20.4 Å². The molecule has 1 aliphatic rings. The van der Waals surface area contributed by atoms with E-state index in [0.717, 1.165) is 43.4 Å². The molecule has 0 aliphatic carbocycles. The number of nitrogens with zero attached hydrogens (tertiary/aromatic N) is 2. The van der Waals surface area contributed by atoms with E-state index in [0.29, 0.717) is 11.6 Å². The van der Waals surface area contributed by atoms with Gasteiger partial charge in [-0.3, -0.25) is 9.48 Å². The average Bonchev–Trinajstić information content (AvgIpc) is 3.07. The smallest absolute Gasteiger partial charge is 0.475 e. The first kappa shape index (κ1) is 22.7. The van der Waals surface area contributed by atoms with E-state index >= 15 is 0 Å². The van der Waals surface area contributed by atoms with Crippen LogP contribution in [0.2, 0.25) is 0 Å². The van der Waals surface area contributed by atoms with Gasteiger partial charge in [0.05, 0.1) is 5.52 Å². The number of para-hydroxylation sites is 1. The second-order valence-corrected chi connectivity index (χ2v) is 7.11. The lowest BCUT2D eigenvalue weighted by Gasteiger charge is -2.22. The Labute approximate surface area is 166 Å². The van der Waals surface area contributed by atoms with E-state index in [1.165, 1.54) is 0 Å². The van der Waals surface area contributed by atoms with Crippen LogP contribution in [0.25, 0.3) is 10.9 Å². The molecule has 160 valence electrons. The predicted molar refractivity (Wildman–Crippen MR) is 102 cm³/mol. The number of piperidine rings is 1. The maximum atomic E-state index is 12.5. The summed E-state index contributed by atoms with van der Waals surface area (Å²) < 4.78 is 33.7. The Hall–Kier alpha value is -2.62. The van der Waals surface area contributed by atoms with Crippen molar-refractivity contribution in [3.63, 3.8) is 0 Å². The zero-order valence-corrected chi connectivity index (χ0v) is 16.3. The number of hydrogen-bond acceptors (Lipinski definition) is 4. The number of fused-ring (bicyclic) bond motifs is 1. The molecule has 1 saturated heterocycles. The summed E-state index contributed by atoms with van der Waals surface area (Å²) in [6, 6.07) is 8.17. The van der Waals surface area contributed by atoms with Crippen LogP contribution in [0.3, 0.4) is 0 Å². The Morgan fingerprint density at radius 2 is 1.86 bits per heavy atom. The molecule has 29 heavy (non-hydrogen) atoms. The minimum atomic E-state index is -5.08. The standard InChI is InChI=1S/C17H24N4O.C2HF3O2/c1-12(2)21-15-6-4-3-5-14(15)16(20-21)17(22)19-11-13-7-9-18-10-8-13;3-2(4,5)1(6)7/h3-6,12-13,18H,7-11H2,1-2H3,(H,19,22);(H,6,7). The van der Waals surface area contributed by atoms with Crippen molar-refractivity contribution in [2.45, 2.75) is 38.9 Å². The summed E-state index contributed by atoms with van der Waals surface area (Å²) in [4.78, 5) is 21.4. The van der Waals surface area contributed by atoms with Gasteiger partial charge in [0.25, 0.3) is 5.91 Å². The molecule has 1 aliphatic heterocycles. The Morgan fingerprint density at radius 1 is 1.28 bits per heavy atom. The summed E-state index contributed by atoms with van der Waals surface area (Å²) in [5.74, 6) is -2.25. The monoisotopic (exact) mass is 414 g/mol. The average molecular weight is 414 g/mol. The largest absolute Gasteiger partial charge is 0.490 e. The van der Waals surface area contributed by atoms with E-state index in [1.807, 2.05) is 28.9 Å². The molecule has 0 atom stereocenters. The number of alkyl halides is 3. The molecule has 3 N–H and O–H groups in total. The topological polar surface area (TPSA) is 96.3 Å². The maximum Gasteiger partial charge on any atom is 0.490 e. The molecule has 7 nitrogen and oxygen atoms in total. The summed E-state index contributed by atoms with van der Waals surface area (Å²) >= 11 is 0. The molecule has 0 radical (unpaired) electrons. The van der Waals surface area contributed by atoms with Crippen molar-refractivity contribution >= 4 is 22.8 Å². The van der Waals surface area contributed by atoms with Gasteiger partial charge in [-0.2, -0.15) is 18.3 Å². The fraction of sp³-hybridized carbons (Fsp3) is 0.526. The van der Waals surface area contributed by atoms with E-state index in [1.54, 1.807) is 0 Å². The first-order valence-corrected chi connectivity index (χ1v) is 9.37. The SMILES string of the molecule is CC(C)n1nc(C(=O)NCC2CCNCC2)c2ccccc21.O=C(O)C(F)(F)F. The summed E-state index contributed by atoms with van der Waals surface area (Å²) in [6.07, 6.45) is -2.83. The van der Waals surface area contributed by atoms with E-state index in [4.69, 9.17) is 9.90 Å². The van der Waals surface area contributed by atoms with Crippen LogP contribution in [0.15, 0.2) is 24.3 Å². The highest BCUT2D eigenvalue weighted by molar-refractivity contribution is 6.04. The van der Waals surface area contributed by atoms with Gasteiger partial charge < -0.3 is 15.7 Å². The lowest BCUT2D eigenvalue weighted by atomic mass is 9.98. The third-order valence-corrected chi connectivity index (χ3v) is 4.57. The highest BCUT2D eigenvalue weighted by Gasteiger charge is 2.38. The molecule has 1 amide bonds. The van der Waals surface area contributed by atoms with E-state index in [9.17, 15) is 18.0 Å². The van der Waals surface area contributed by atoms with Gasteiger partial charge in [0.15, 0.2) is 5.69 Å². The Morgan fingerprint density at radius 3 is 2.41 bits per heavy atom. The van der Waals surface area contributed by atoms with Crippen molar-refractivity contribution in [3.8, 4) is 0 Å². The molecule has 1 aromatic heterocycles. The van der Waals surface area contributed by atoms with Gasteiger partial charge in [-0.1, -0.05) is 18.2 Å². The molecule has 0 spiro atoms. The highest BCUT2D eigenvalue weighted by atomic mass is 19.4. The zero-order chi connectivity index (χ0) is 21.6. The van der Waals surface area contributed by atoms with Crippen LogP contribution in [-0.4, -0.2) is 52.6 Å². The highest BCUT2D eigenvalue weighted by Crippen LogP contribution is 2.22. The number of hydrogen-bond donors (Lipinski definition) is 3. The minimum absolute atomic E-state index is 0.0610. The van der Waals surface area contributed by atoms with Crippen molar-refractivity contribution in [2.75, 3.05) is 19.6 Å². The number of carbonyl (C=O) groups excluding carboxylic acids is 1. The lowest BCUT2D eigenvalue weighted by molar-refractivity contribution is -0.192. The minimum Gasteiger partial charge on any atom is -0.475 e. The van der Waals surface area contributed by atoms with Gasteiger partial charge in [0.1, 0.15) is 0 Å².